The Bertz CT molecular complexity index is 1140. The zero-order valence-electron chi connectivity index (χ0n) is 17.3. The summed E-state index contributed by atoms with van der Waals surface area (Å²) in [4.78, 5) is 24.0. The Hall–Kier alpha value is -2.82. The summed E-state index contributed by atoms with van der Waals surface area (Å²) in [5.41, 5.74) is 0.984. The van der Waals surface area contributed by atoms with E-state index in [1.165, 1.54) is 16.4 Å². The normalized spacial score (nSPS) is 17.1. The van der Waals surface area contributed by atoms with Crippen LogP contribution in [0.2, 0.25) is 5.02 Å². The first-order valence-electron chi connectivity index (χ1n) is 9.99. The topological polar surface area (TPSA) is 114 Å². The number of nitrogens with one attached hydrogen (secondary N) is 2. The number of halogens is 1. The molecule has 2 amide bonds. The minimum atomic E-state index is -3.89. The summed E-state index contributed by atoms with van der Waals surface area (Å²) in [6, 6.07) is 9.70. The molecule has 0 radical (unpaired) electrons. The van der Waals surface area contributed by atoms with Crippen molar-refractivity contribution in [2.24, 2.45) is 5.92 Å². The molecule has 2 N–H and O–H groups in total. The number of fused-ring (bicyclic) bond motifs is 1. The van der Waals surface area contributed by atoms with Crippen LogP contribution in [0.1, 0.15) is 12.8 Å². The Morgan fingerprint density at radius 3 is 2.56 bits per heavy atom. The molecule has 11 heteroatoms. The van der Waals surface area contributed by atoms with E-state index in [0.717, 1.165) is 0 Å². The maximum Gasteiger partial charge on any atom is 0.262 e. The van der Waals surface area contributed by atoms with Crippen LogP contribution >= 0.6 is 11.6 Å². The van der Waals surface area contributed by atoms with Crippen molar-refractivity contribution in [3.8, 4) is 11.5 Å². The highest BCUT2D eigenvalue weighted by molar-refractivity contribution is 7.89. The largest absolute Gasteiger partial charge is 0.497 e. The Labute approximate surface area is 190 Å². The number of nitrogens with zero attached hydrogens (tertiary/aromatic N) is 1. The number of piperidine rings is 1. The predicted molar refractivity (Wildman–Crippen MR) is 119 cm³/mol. The van der Waals surface area contributed by atoms with Crippen molar-refractivity contribution in [3.05, 3.63) is 41.4 Å². The molecule has 32 heavy (non-hydrogen) atoms. The van der Waals surface area contributed by atoms with Crippen LogP contribution in [0.15, 0.2) is 41.3 Å². The number of ether oxygens (including phenoxy) is 2. The maximum absolute atomic E-state index is 13.2. The van der Waals surface area contributed by atoms with Crippen LogP contribution in [0.3, 0.4) is 0 Å². The molecule has 1 saturated heterocycles. The Kier molecular flexibility index (Phi) is 6.27. The van der Waals surface area contributed by atoms with Crippen LogP contribution in [0, 0.1) is 5.92 Å². The van der Waals surface area contributed by atoms with Crippen molar-refractivity contribution in [1.29, 1.82) is 0 Å². The molecule has 1 fully saturated rings. The number of amides is 2. The second-order valence-corrected chi connectivity index (χ2v) is 9.83. The molecule has 2 aliphatic rings. The summed E-state index contributed by atoms with van der Waals surface area (Å²) < 4.78 is 38.1. The van der Waals surface area contributed by atoms with Crippen LogP contribution in [0.4, 0.5) is 11.4 Å². The van der Waals surface area contributed by atoms with Crippen molar-refractivity contribution >= 4 is 44.8 Å². The zero-order valence-corrected chi connectivity index (χ0v) is 18.8. The molecule has 0 atom stereocenters. The molecule has 9 nitrogen and oxygen atoms in total. The van der Waals surface area contributed by atoms with Crippen molar-refractivity contribution < 1.29 is 27.5 Å². The van der Waals surface area contributed by atoms with Gasteiger partial charge in [0.25, 0.3) is 5.91 Å². The molecule has 170 valence electrons. The summed E-state index contributed by atoms with van der Waals surface area (Å²) in [5, 5.41) is 5.45. The van der Waals surface area contributed by atoms with Gasteiger partial charge in [-0.2, -0.15) is 4.31 Å². The standard InChI is InChI=1S/C21H22ClN3O6S/c1-30-15-4-2-14(3-5-15)23-21(27)13-6-8-25(9-7-13)32(28,29)19-11-18-17(10-16(19)22)24-20(26)12-31-18/h2-5,10-11,13H,6-9,12H2,1H3,(H,23,27)(H,24,26). The van der Waals surface area contributed by atoms with Gasteiger partial charge >= 0.3 is 0 Å². The van der Waals surface area contributed by atoms with E-state index >= 15 is 0 Å². The smallest absolute Gasteiger partial charge is 0.262 e. The fourth-order valence-electron chi connectivity index (χ4n) is 3.70. The van der Waals surface area contributed by atoms with Crippen molar-refractivity contribution in [1.82, 2.24) is 4.31 Å². The number of sulfonamides is 1. The number of carbonyl (C=O) groups excluding carboxylic acids is 2. The average molecular weight is 480 g/mol. The lowest BCUT2D eigenvalue weighted by atomic mass is 9.97. The van der Waals surface area contributed by atoms with E-state index < -0.39 is 10.0 Å². The molecule has 2 aromatic rings. The predicted octanol–water partition coefficient (Wildman–Crippen LogP) is 2.72. The summed E-state index contributed by atoms with van der Waals surface area (Å²) >= 11 is 6.22. The van der Waals surface area contributed by atoms with Gasteiger partial charge in [-0.25, -0.2) is 8.42 Å². The minimum absolute atomic E-state index is 0.00563. The van der Waals surface area contributed by atoms with E-state index in [9.17, 15) is 18.0 Å². The van der Waals surface area contributed by atoms with Gasteiger partial charge in [0.1, 0.15) is 16.4 Å². The van der Waals surface area contributed by atoms with E-state index in [0.29, 0.717) is 30.0 Å². The fraction of sp³-hybridized carbons (Fsp3) is 0.333. The Morgan fingerprint density at radius 2 is 1.91 bits per heavy atom. The first-order valence-corrected chi connectivity index (χ1v) is 11.8. The summed E-state index contributed by atoms with van der Waals surface area (Å²) in [7, 11) is -2.33. The zero-order chi connectivity index (χ0) is 22.9. The van der Waals surface area contributed by atoms with E-state index in [1.54, 1.807) is 31.4 Å². The van der Waals surface area contributed by atoms with Gasteiger partial charge in [-0.3, -0.25) is 9.59 Å². The van der Waals surface area contributed by atoms with E-state index in [1.807, 2.05) is 0 Å². The molecular weight excluding hydrogens is 458 g/mol. The van der Waals surface area contributed by atoms with E-state index in [2.05, 4.69) is 10.6 Å². The summed E-state index contributed by atoms with van der Waals surface area (Å²) in [6.07, 6.45) is 0.771. The van der Waals surface area contributed by atoms with Gasteiger partial charge < -0.3 is 20.1 Å². The Balaban J connectivity index is 1.42. The molecule has 2 aliphatic heterocycles. The molecule has 0 unspecified atom stereocenters. The van der Waals surface area contributed by atoms with Crippen LogP contribution in [0.5, 0.6) is 11.5 Å². The molecule has 0 spiro atoms. The Morgan fingerprint density at radius 1 is 1.22 bits per heavy atom. The summed E-state index contributed by atoms with van der Waals surface area (Å²) in [6.45, 7) is 0.185. The van der Waals surface area contributed by atoms with Gasteiger partial charge in [-0.05, 0) is 43.2 Å². The first-order chi connectivity index (χ1) is 15.3. The van der Waals surface area contributed by atoms with Gasteiger partial charge in [0.05, 0.1) is 17.8 Å². The van der Waals surface area contributed by atoms with Crippen molar-refractivity contribution in [2.75, 3.05) is 37.4 Å². The number of benzene rings is 2. The number of hydrogen-bond acceptors (Lipinski definition) is 6. The van der Waals surface area contributed by atoms with Gasteiger partial charge in [-0.15, -0.1) is 0 Å². The quantitative estimate of drug-likeness (QED) is 0.681. The second-order valence-electron chi connectivity index (χ2n) is 7.51. The molecule has 0 saturated carbocycles. The van der Waals surface area contributed by atoms with Crippen LogP contribution < -0.4 is 20.1 Å². The van der Waals surface area contributed by atoms with Crippen molar-refractivity contribution in [3.63, 3.8) is 0 Å². The van der Waals surface area contributed by atoms with Crippen molar-refractivity contribution in [2.45, 2.75) is 17.7 Å². The second kappa shape index (κ2) is 8.97. The molecule has 2 aromatic carbocycles. The average Bonchev–Trinajstić information content (AvgIpc) is 2.79. The lowest BCUT2D eigenvalue weighted by Gasteiger charge is -2.31. The SMILES string of the molecule is COc1ccc(NC(=O)C2CCN(S(=O)(=O)c3cc4c(cc3Cl)NC(=O)CO4)CC2)cc1. The highest BCUT2D eigenvalue weighted by Gasteiger charge is 2.34. The van der Waals surface area contributed by atoms with Crippen LogP contribution in [-0.4, -0.2) is 51.3 Å². The van der Waals surface area contributed by atoms with Gasteiger partial charge in [-0.1, -0.05) is 11.6 Å². The number of carbonyl (C=O) groups is 2. The molecule has 0 aliphatic carbocycles. The van der Waals surface area contributed by atoms with Gasteiger partial charge in [0.2, 0.25) is 15.9 Å². The number of anilines is 2. The molecule has 0 aromatic heterocycles. The maximum atomic E-state index is 13.2. The number of hydrogen-bond donors (Lipinski definition) is 2. The highest BCUT2D eigenvalue weighted by atomic mass is 35.5. The van der Waals surface area contributed by atoms with E-state index in [-0.39, 0.29) is 53.1 Å². The highest BCUT2D eigenvalue weighted by Crippen LogP contribution is 2.37. The third-order valence-corrected chi connectivity index (χ3v) is 7.83. The number of rotatable bonds is 5. The third kappa shape index (κ3) is 4.52. The third-order valence-electron chi connectivity index (χ3n) is 5.47. The van der Waals surface area contributed by atoms with E-state index in [4.69, 9.17) is 21.1 Å². The lowest BCUT2D eigenvalue weighted by molar-refractivity contribution is -0.121. The summed E-state index contributed by atoms with van der Waals surface area (Å²) in [5.74, 6) is 0.153. The monoisotopic (exact) mass is 479 g/mol. The van der Waals surface area contributed by atoms with Gasteiger partial charge in [0.15, 0.2) is 6.61 Å². The van der Waals surface area contributed by atoms with Crippen LogP contribution in [-0.2, 0) is 19.6 Å². The molecule has 0 bridgehead atoms. The molecule has 2 heterocycles. The fourth-order valence-corrected chi connectivity index (χ4v) is 5.68. The molecule has 4 rings (SSSR count). The van der Waals surface area contributed by atoms with Crippen LogP contribution in [0.25, 0.3) is 0 Å². The first kappa shape index (κ1) is 22.4. The minimum Gasteiger partial charge on any atom is -0.497 e. The lowest BCUT2D eigenvalue weighted by Crippen LogP contribution is -2.41. The number of methoxy groups -OCH3 is 1. The van der Waals surface area contributed by atoms with Gasteiger partial charge in [0, 0.05) is 30.8 Å². The molecular formula is C21H22ClN3O6S.